The fourth-order valence-corrected chi connectivity index (χ4v) is 3.23. The van der Waals surface area contributed by atoms with Crippen LogP contribution in [-0.4, -0.2) is 24.4 Å². The van der Waals surface area contributed by atoms with Crippen molar-refractivity contribution in [1.82, 2.24) is 4.98 Å². The van der Waals surface area contributed by atoms with E-state index in [0.29, 0.717) is 17.1 Å². The zero-order valence-corrected chi connectivity index (χ0v) is 13.5. The molecule has 0 unspecified atom stereocenters. The topological polar surface area (TPSA) is 136 Å². The maximum atomic E-state index is 12.4. The molecule has 1 aromatic heterocycles. The highest BCUT2D eigenvalue weighted by Gasteiger charge is 2.18. The molecule has 0 saturated heterocycles. The summed E-state index contributed by atoms with van der Waals surface area (Å²) in [7, 11) is -3.96. The van der Waals surface area contributed by atoms with Gasteiger partial charge in [0, 0.05) is 11.3 Å². The van der Waals surface area contributed by atoms with E-state index in [4.69, 9.17) is 10.2 Å². The third-order valence-electron chi connectivity index (χ3n) is 3.36. The molecule has 8 nitrogen and oxygen atoms in total. The van der Waals surface area contributed by atoms with Crippen LogP contribution in [0.4, 0.5) is 5.69 Å². The van der Waals surface area contributed by atoms with Crippen LogP contribution in [0.25, 0.3) is 11.5 Å². The van der Waals surface area contributed by atoms with Gasteiger partial charge in [0.05, 0.1) is 16.7 Å². The highest BCUT2D eigenvalue weighted by Crippen LogP contribution is 2.24. The number of aromatic nitrogens is 1. The van der Waals surface area contributed by atoms with E-state index in [1.54, 1.807) is 24.3 Å². The van der Waals surface area contributed by atoms with Crippen molar-refractivity contribution in [3.63, 3.8) is 0 Å². The van der Waals surface area contributed by atoms with Crippen LogP contribution in [0.3, 0.4) is 0 Å². The van der Waals surface area contributed by atoms with Gasteiger partial charge in [-0.2, -0.15) is 0 Å². The lowest BCUT2D eigenvalue weighted by molar-refractivity contribution is 0.0997. The lowest BCUT2D eigenvalue weighted by Crippen LogP contribution is -2.16. The van der Waals surface area contributed by atoms with E-state index in [9.17, 15) is 18.3 Å². The summed E-state index contributed by atoms with van der Waals surface area (Å²) in [4.78, 5) is 15.0. The van der Waals surface area contributed by atoms with Crippen LogP contribution < -0.4 is 10.5 Å². The van der Waals surface area contributed by atoms with Crippen molar-refractivity contribution >= 4 is 21.6 Å². The predicted octanol–water partition coefficient (Wildman–Crippen LogP) is 1.95. The highest BCUT2D eigenvalue weighted by atomic mass is 32.2. The molecule has 1 amide bonds. The molecule has 0 fully saturated rings. The Hall–Kier alpha value is -3.33. The van der Waals surface area contributed by atoms with Gasteiger partial charge in [-0.25, -0.2) is 13.4 Å². The van der Waals surface area contributed by atoms with Gasteiger partial charge in [0.1, 0.15) is 12.0 Å². The summed E-state index contributed by atoms with van der Waals surface area (Å²) in [6.45, 7) is 0. The second-order valence-corrected chi connectivity index (χ2v) is 6.75. The van der Waals surface area contributed by atoms with E-state index in [2.05, 4.69) is 9.71 Å². The van der Waals surface area contributed by atoms with Crippen molar-refractivity contribution < 1.29 is 22.7 Å². The number of carbonyl (C=O) groups excluding carboxylic acids is 1. The number of hydrogen-bond acceptors (Lipinski definition) is 6. The van der Waals surface area contributed by atoms with Crippen LogP contribution >= 0.6 is 0 Å². The van der Waals surface area contributed by atoms with E-state index in [-0.39, 0.29) is 16.2 Å². The van der Waals surface area contributed by atoms with Crippen molar-refractivity contribution in [3.05, 3.63) is 60.5 Å². The molecule has 0 aliphatic heterocycles. The summed E-state index contributed by atoms with van der Waals surface area (Å²) in [5, 5.41) is 9.55. The second kappa shape index (κ2) is 6.29. The van der Waals surface area contributed by atoms with Crippen molar-refractivity contribution in [2.45, 2.75) is 4.90 Å². The third kappa shape index (κ3) is 3.45. The number of nitrogens with two attached hydrogens (primary N) is 1. The van der Waals surface area contributed by atoms with Gasteiger partial charge in [0.25, 0.3) is 15.9 Å². The van der Waals surface area contributed by atoms with Gasteiger partial charge in [0.15, 0.2) is 0 Å². The maximum absolute atomic E-state index is 12.4. The van der Waals surface area contributed by atoms with E-state index < -0.39 is 15.9 Å². The lowest BCUT2D eigenvalue weighted by atomic mass is 10.2. The summed E-state index contributed by atoms with van der Waals surface area (Å²) in [6.07, 6.45) is 2.94. The van der Waals surface area contributed by atoms with Crippen molar-refractivity contribution in [2.75, 3.05) is 4.72 Å². The van der Waals surface area contributed by atoms with E-state index in [0.717, 1.165) is 12.1 Å². The number of sulfonamides is 1. The number of anilines is 1. The van der Waals surface area contributed by atoms with Crippen LogP contribution in [0, 0.1) is 0 Å². The van der Waals surface area contributed by atoms with Crippen molar-refractivity contribution in [1.29, 1.82) is 0 Å². The maximum Gasteiger partial charge on any atom is 0.261 e. The smallest absolute Gasteiger partial charge is 0.261 e. The van der Waals surface area contributed by atoms with Gasteiger partial charge < -0.3 is 15.3 Å². The average molecular weight is 359 g/mol. The Bertz CT molecular complexity index is 1010. The first-order chi connectivity index (χ1) is 11.9. The lowest BCUT2D eigenvalue weighted by Gasteiger charge is -2.10. The number of nitrogens with zero attached hydrogens (tertiary/aromatic N) is 1. The molecule has 3 aromatic rings. The Morgan fingerprint density at radius 1 is 1.16 bits per heavy atom. The Labute approximate surface area is 143 Å². The van der Waals surface area contributed by atoms with Crippen LogP contribution in [0.15, 0.2) is 64.2 Å². The Balaban J connectivity index is 1.86. The number of amides is 1. The number of phenols is 1. The van der Waals surface area contributed by atoms with Crippen LogP contribution in [0.5, 0.6) is 5.75 Å². The standard InChI is InChI=1S/C16H13N3O5S/c17-15(21)13-9-12(5-6-14(13)20)25(22,23)19-11-3-1-10(2-4-11)16-18-7-8-24-16/h1-9,19-20H,(H2,17,21). The van der Waals surface area contributed by atoms with E-state index in [1.807, 2.05) is 0 Å². The Morgan fingerprint density at radius 2 is 1.88 bits per heavy atom. The van der Waals surface area contributed by atoms with Crippen molar-refractivity contribution in [3.8, 4) is 17.2 Å². The molecule has 0 saturated carbocycles. The molecule has 0 radical (unpaired) electrons. The van der Waals surface area contributed by atoms with Crippen LogP contribution in [0.2, 0.25) is 0 Å². The van der Waals surface area contributed by atoms with Gasteiger partial charge in [-0.05, 0) is 42.5 Å². The van der Waals surface area contributed by atoms with E-state index >= 15 is 0 Å². The number of rotatable bonds is 5. The van der Waals surface area contributed by atoms with Crippen LogP contribution in [-0.2, 0) is 10.0 Å². The number of carbonyl (C=O) groups is 1. The molecule has 9 heteroatoms. The Morgan fingerprint density at radius 3 is 2.48 bits per heavy atom. The normalized spacial score (nSPS) is 11.2. The molecule has 1 heterocycles. The minimum atomic E-state index is -3.96. The molecule has 2 aromatic carbocycles. The summed E-state index contributed by atoms with van der Waals surface area (Å²) in [6, 6.07) is 9.68. The van der Waals surface area contributed by atoms with Gasteiger partial charge in [-0.15, -0.1) is 0 Å². The number of nitrogens with one attached hydrogen (secondary N) is 1. The second-order valence-electron chi connectivity index (χ2n) is 5.06. The number of benzene rings is 2. The third-order valence-corrected chi connectivity index (χ3v) is 4.74. The summed E-state index contributed by atoms with van der Waals surface area (Å²) in [5.41, 5.74) is 5.84. The fourth-order valence-electron chi connectivity index (χ4n) is 2.14. The first-order valence-corrected chi connectivity index (χ1v) is 8.51. The monoisotopic (exact) mass is 359 g/mol. The molecular weight excluding hydrogens is 346 g/mol. The minimum absolute atomic E-state index is 0.198. The summed E-state index contributed by atoms with van der Waals surface area (Å²) in [5.74, 6) is -0.898. The molecule has 0 spiro atoms. The van der Waals surface area contributed by atoms with Gasteiger partial charge in [0.2, 0.25) is 5.89 Å². The molecular formula is C16H13N3O5S. The SMILES string of the molecule is NC(=O)c1cc(S(=O)(=O)Nc2ccc(-c3ncco3)cc2)ccc1O. The quantitative estimate of drug-likeness (QED) is 0.637. The summed E-state index contributed by atoms with van der Waals surface area (Å²) >= 11 is 0. The predicted molar refractivity (Wildman–Crippen MR) is 89.4 cm³/mol. The zero-order valence-electron chi connectivity index (χ0n) is 12.7. The molecule has 4 N–H and O–H groups in total. The van der Waals surface area contributed by atoms with Crippen molar-refractivity contribution in [2.24, 2.45) is 5.73 Å². The molecule has 3 rings (SSSR count). The minimum Gasteiger partial charge on any atom is -0.507 e. The van der Waals surface area contributed by atoms with Gasteiger partial charge in [-0.3, -0.25) is 9.52 Å². The van der Waals surface area contributed by atoms with Gasteiger partial charge in [-0.1, -0.05) is 0 Å². The van der Waals surface area contributed by atoms with Gasteiger partial charge >= 0.3 is 0 Å². The molecule has 0 aliphatic carbocycles. The molecule has 128 valence electrons. The average Bonchev–Trinajstić information content (AvgIpc) is 3.09. The largest absolute Gasteiger partial charge is 0.507 e. The number of oxazole rings is 1. The molecule has 25 heavy (non-hydrogen) atoms. The van der Waals surface area contributed by atoms with Crippen LogP contribution in [0.1, 0.15) is 10.4 Å². The van der Waals surface area contributed by atoms with E-state index in [1.165, 1.54) is 18.5 Å². The molecule has 0 aliphatic rings. The first-order valence-electron chi connectivity index (χ1n) is 7.02. The number of hydrogen-bond donors (Lipinski definition) is 3. The fraction of sp³-hybridized carbons (Fsp3) is 0. The zero-order chi connectivity index (χ0) is 18.0. The molecule has 0 bridgehead atoms. The first kappa shape index (κ1) is 16.5. The Kier molecular flexibility index (Phi) is 4.15. The summed E-state index contributed by atoms with van der Waals surface area (Å²) < 4.78 is 32.4. The molecule has 0 atom stereocenters. The number of primary amides is 1. The number of aromatic hydroxyl groups is 1. The highest BCUT2D eigenvalue weighted by molar-refractivity contribution is 7.92.